The number of pyridine rings is 1. The lowest BCUT2D eigenvalue weighted by molar-refractivity contribution is 0.415. The molecule has 1 N–H and O–H groups in total. The van der Waals surface area contributed by atoms with Crippen LogP contribution in [-0.4, -0.2) is 12.1 Å². The lowest BCUT2D eigenvalue weighted by Crippen LogP contribution is -2.18. The van der Waals surface area contributed by atoms with Gasteiger partial charge in [0.1, 0.15) is 5.75 Å². The summed E-state index contributed by atoms with van der Waals surface area (Å²) >= 11 is 0. The van der Waals surface area contributed by atoms with Gasteiger partial charge >= 0.3 is 0 Å². The summed E-state index contributed by atoms with van der Waals surface area (Å²) in [6, 6.07) is 24.9. The zero-order valence-electron chi connectivity index (χ0n) is 14.1. The van der Waals surface area contributed by atoms with Crippen LogP contribution in [0.2, 0.25) is 0 Å². The summed E-state index contributed by atoms with van der Waals surface area (Å²) in [5, 5.41) is 3.53. The Morgan fingerprint density at radius 1 is 0.917 bits per heavy atom. The van der Waals surface area contributed by atoms with Crippen LogP contribution in [0.3, 0.4) is 0 Å². The van der Waals surface area contributed by atoms with E-state index in [1.54, 1.807) is 7.11 Å². The third-order valence-electron chi connectivity index (χ3n) is 4.08. The SMILES string of the molecule is COc1ccc(-c2cccc(CN[C@@H](C)c3ccccc3)n2)cc1. The molecular formula is C21H22N2O. The fraction of sp³-hybridized carbons (Fsp3) is 0.190. The molecule has 3 aromatic rings. The Kier molecular flexibility index (Phi) is 5.24. The van der Waals surface area contributed by atoms with Crippen molar-refractivity contribution in [2.75, 3.05) is 7.11 Å². The van der Waals surface area contributed by atoms with Crippen molar-refractivity contribution in [3.05, 3.63) is 84.1 Å². The molecule has 0 spiro atoms. The second-order valence-corrected chi connectivity index (χ2v) is 5.76. The van der Waals surface area contributed by atoms with Gasteiger partial charge in [0.05, 0.1) is 18.5 Å². The molecule has 0 aliphatic heterocycles. The van der Waals surface area contributed by atoms with Crippen LogP contribution in [0, 0.1) is 0 Å². The maximum Gasteiger partial charge on any atom is 0.118 e. The summed E-state index contributed by atoms with van der Waals surface area (Å²) in [7, 11) is 1.67. The average Bonchev–Trinajstić information content (AvgIpc) is 2.67. The molecule has 1 atom stereocenters. The molecule has 0 radical (unpaired) electrons. The Balaban J connectivity index is 1.68. The molecule has 0 aliphatic carbocycles. The molecule has 0 fully saturated rings. The van der Waals surface area contributed by atoms with E-state index in [1.165, 1.54) is 5.56 Å². The largest absolute Gasteiger partial charge is 0.497 e. The number of nitrogens with zero attached hydrogens (tertiary/aromatic N) is 1. The number of hydrogen-bond donors (Lipinski definition) is 1. The van der Waals surface area contributed by atoms with Crippen molar-refractivity contribution in [1.29, 1.82) is 0 Å². The monoisotopic (exact) mass is 318 g/mol. The van der Waals surface area contributed by atoms with Gasteiger partial charge in [0.2, 0.25) is 0 Å². The molecule has 0 unspecified atom stereocenters. The zero-order valence-corrected chi connectivity index (χ0v) is 14.1. The molecule has 0 aliphatic rings. The number of benzene rings is 2. The van der Waals surface area contributed by atoms with Crippen LogP contribution < -0.4 is 10.1 Å². The minimum atomic E-state index is 0.289. The van der Waals surface area contributed by atoms with Crippen LogP contribution >= 0.6 is 0 Å². The third kappa shape index (κ3) is 4.00. The number of methoxy groups -OCH3 is 1. The van der Waals surface area contributed by atoms with Gasteiger partial charge in [-0.05, 0) is 48.9 Å². The zero-order chi connectivity index (χ0) is 16.8. The number of hydrogen-bond acceptors (Lipinski definition) is 3. The van der Waals surface area contributed by atoms with Gasteiger partial charge in [-0.15, -0.1) is 0 Å². The molecule has 0 saturated carbocycles. The van der Waals surface area contributed by atoms with Gasteiger partial charge in [0.15, 0.2) is 0 Å². The van der Waals surface area contributed by atoms with Gasteiger partial charge in [-0.3, -0.25) is 4.98 Å². The molecule has 0 amide bonds. The van der Waals surface area contributed by atoms with E-state index in [1.807, 2.05) is 36.4 Å². The van der Waals surface area contributed by atoms with E-state index >= 15 is 0 Å². The maximum atomic E-state index is 5.21. The fourth-order valence-electron chi connectivity index (χ4n) is 2.62. The summed E-state index contributed by atoms with van der Waals surface area (Å²) in [5.74, 6) is 0.855. The number of ether oxygens (including phenoxy) is 1. The Hall–Kier alpha value is -2.65. The maximum absolute atomic E-state index is 5.21. The predicted octanol–water partition coefficient (Wildman–Crippen LogP) is 4.61. The Morgan fingerprint density at radius 3 is 2.38 bits per heavy atom. The first-order valence-corrected chi connectivity index (χ1v) is 8.15. The third-order valence-corrected chi connectivity index (χ3v) is 4.08. The molecule has 0 bridgehead atoms. The summed E-state index contributed by atoms with van der Waals surface area (Å²) in [4.78, 5) is 4.76. The lowest BCUT2D eigenvalue weighted by Gasteiger charge is -2.14. The molecule has 24 heavy (non-hydrogen) atoms. The highest BCUT2D eigenvalue weighted by Crippen LogP contribution is 2.21. The first kappa shape index (κ1) is 16.2. The second-order valence-electron chi connectivity index (χ2n) is 5.76. The number of nitrogens with one attached hydrogen (secondary N) is 1. The Bertz CT molecular complexity index is 769. The van der Waals surface area contributed by atoms with Gasteiger partial charge in [0, 0.05) is 18.2 Å². The summed E-state index contributed by atoms with van der Waals surface area (Å²) in [6.07, 6.45) is 0. The highest BCUT2D eigenvalue weighted by molar-refractivity contribution is 5.60. The minimum absolute atomic E-state index is 0.289. The van der Waals surface area contributed by atoms with Crippen LogP contribution in [0.25, 0.3) is 11.3 Å². The molecule has 0 saturated heterocycles. The summed E-state index contributed by atoms with van der Waals surface area (Å²) in [6.45, 7) is 2.91. The van der Waals surface area contributed by atoms with Crippen LogP contribution in [0.5, 0.6) is 5.75 Å². The minimum Gasteiger partial charge on any atom is -0.497 e. The highest BCUT2D eigenvalue weighted by atomic mass is 16.5. The van der Waals surface area contributed by atoms with Crippen LogP contribution in [0.1, 0.15) is 24.2 Å². The van der Waals surface area contributed by atoms with E-state index in [9.17, 15) is 0 Å². The van der Waals surface area contributed by atoms with Crippen molar-refractivity contribution >= 4 is 0 Å². The van der Waals surface area contributed by atoms with E-state index in [2.05, 4.69) is 48.6 Å². The van der Waals surface area contributed by atoms with Gasteiger partial charge < -0.3 is 10.1 Å². The van der Waals surface area contributed by atoms with Crippen molar-refractivity contribution in [2.24, 2.45) is 0 Å². The Morgan fingerprint density at radius 2 is 1.67 bits per heavy atom. The molecule has 1 aromatic heterocycles. The van der Waals surface area contributed by atoms with E-state index < -0.39 is 0 Å². The molecular weight excluding hydrogens is 296 g/mol. The van der Waals surface area contributed by atoms with Gasteiger partial charge in [-0.25, -0.2) is 0 Å². The normalized spacial score (nSPS) is 11.9. The van der Waals surface area contributed by atoms with E-state index in [0.29, 0.717) is 0 Å². The van der Waals surface area contributed by atoms with Gasteiger partial charge in [-0.1, -0.05) is 36.4 Å². The molecule has 122 valence electrons. The molecule has 1 heterocycles. The Labute approximate surface area is 143 Å². The van der Waals surface area contributed by atoms with Crippen LogP contribution in [0.15, 0.2) is 72.8 Å². The topological polar surface area (TPSA) is 34.1 Å². The molecule has 2 aromatic carbocycles. The van der Waals surface area contributed by atoms with Crippen molar-refractivity contribution in [3.63, 3.8) is 0 Å². The predicted molar refractivity (Wildman–Crippen MR) is 97.9 cm³/mol. The number of aromatic nitrogens is 1. The number of rotatable bonds is 6. The van der Waals surface area contributed by atoms with Crippen molar-refractivity contribution in [2.45, 2.75) is 19.5 Å². The quantitative estimate of drug-likeness (QED) is 0.721. The highest BCUT2D eigenvalue weighted by Gasteiger charge is 2.06. The summed E-state index contributed by atoms with van der Waals surface area (Å²) in [5.41, 5.74) is 4.38. The lowest BCUT2D eigenvalue weighted by atomic mass is 10.1. The second kappa shape index (κ2) is 7.75. The summed E-state index contributed by atoms with van der Waals surface area (Å²) < 4.78 is 5.21. The van der Waals surface area contributed by atoms with Crippen LogP contribution in [0.4, 0.5) is 0 Å². The van der Waals surface area contributed by atoms with E-state index in [4.69, 9.17) is 9.72 Å². The average molecular weight is 318 g/mol. The standard InChI is InChI=1S/C21H22N2O/c1-16(17-7-4-3-5-8-17)22-15-19-9-6-10-21(23-19)18-11-13-20(24-2)14-12-18/h3-14,16,22H,15H2,1-2H3/t16-/m0/s1. The van der Waals surface area contributed by atoms with Gasteiger partial charge in [0.25, 0.3) is 0 Å². The fourth-order valence-corrected chi connectivity index (χ4v) is 2.62. The van der Waals surface area contributed by atoms with E-state index in [-0.39, 0.29) is 6.04 Å². The van der Waals surface area contributed by atoms with E-state index in [0.717, 1.165) is 29.2 Å². The van der Waals surface area contributed by atoms with Crippen molar-refractivity contribution < 1.29 is 4.74 Å². The first-order valence-electron chi connectivity index (χ1n) is 8.15. The van der Waals surface area contributed by atoms with Crippen molar-refractivity contribution in [1.82, 2.24) is 10.3 Å². The smallest absolute Gasteiger partial charge is 0.118 e. The molecule has 3 nitrogen and oxygen atoms in total. The van der Waals surface area contributed by atoms with Crippen molar-refractivity contribution in [3.8, 4) is 17.0 Å². The first-order chi connectivity index (χ1) is 11.8. The van der Waals surface area contributed by atoms with Gasteiger partial charge in [-0.2, -0.15) is 0 Å². The molecule has 3 heteroatoms. The van der Waals surface area contributed by atoms with Crippen LogP contribution in [-0.2, 0) is 6.54 Å². The molecule has 3 rings (SSSR count).